The summed E-state index contributed by atoms with van der Waals surface area (Å²) in [6, 6.07) is 7.85. The van der Waals surface area contributed by atoms with Crippen molar-refractivity contribution in [3.8, 4) is 0 Å². The number of rotatable bonds is 2. The Morgan fingerprint density at radius 2 is 1.69 bits per heavy atom. The highest BCUT2D eigenvalue weighted by molar-refractivity contribution is 9.10. The molecule has 1 atom stereocenters. The van der Waals surface area contributed by atoms with Gasteiger partial charge in [0.2, 0.25) is 0 Å². The maximum Gasteiger partial charge on any atom is 0.400 e. The Bertz CT molecular complexity index is 888. The zero-order valence-corrected chi connectivity index (χ0v) is 17.2. The van der Waals surface area contributed by atoms with Gasteiger partial charge in [0.1, 0.15) is 5.41 Å². The van der Waals surface area contributed by atoms with Crippen LogP contribution in [0.25, 0.3) is 0 Å². The van der Waals surface area contributed by atoms with Crippen molar-refractivity contribution >= 4 is 56.4 Å². The molecule has 3 rings (SSSR count). The molecule has 0 saturated heterocycles. The summed E-state index contributed by atoms with van der Waals surface area (Å²) in [6.45, 7) is 1.48. The van der Waals surface area contributed by atoms with Crippen molar-refractivity contribution in [2.24, 2.45) is 4.99 Å². The fourth-order valence-corrected chi connectivity index (χ4v) is 3.95. The molecule has 26 heavy (non-hydrogen) atoms. The summed E-state index contributed by atoms with van der Waals surface area (Å²) in [7, 11) is 0. The molecule has 0 fully saturated rings. The molecule has 2 aromatic rings. The van der Waals surface area contributed by atoms with Crippen LogP contribution in [0, 0.1) is 6.92 Å². The predicted molar refractivity (Wildman–Crippen MR) is 104 cm³/mol. The Morgan fingerprint density at radius 3 is 2.23 bits per heavy atom. The van der Waals surface area contributed by atoms with Crippen molar-refractivity contribution in [1.29, 1.82) is 0 Å². The molecule has 0 amide bonds. The molecule has 0 aromatic heterocycles. The molecule has 8 heteroatoms. The third-order valence-electron chi connectivity index (χ3n) is 4.59. The van der Waals surface area contributed by atoms with Crippen LogP contribution in [0.1, 0.15) is 23.1 Å². The molecule has 2 aromatic carbocycles. The van der Waals surface area contributed by atoms with Crippen LogP contribution in [0.5, 0.6) is 0 Å². The topological polar surface area (TPSA) is 12.4 Å². The van der Waals surface area contributed by atoms with Crippen LogP contribution in [-0.4, -0.2) is 18.4 Å². The highest BCUT2D eigenvalue weighted by atomic mass is 79.9. The molecule has 1 heterocycles. The molecule has 0 bridgehead atoms. The lowest BCUT2D eigenvalue weighted by atomic mass is 9.76. The molecule has 0 saturated carbocycles. The van der Waals surface area contributed by atoms with Gasteiger partial charge in [0.05, 0.1) is 21.6 Å². The molecule has 0 N–H and O–H groups in total. The van der Waals surface area contributed by atoms with E-state index < -0.39 is 18.1 Å². The summed E-state index contributed by atoms with van der Waals surface area (Å²) in [4.78, 5) is 4.21. The number of alkyl halides is 3. The lowest BCUT2D eigenvalue weighted by molar-refractivity contribution is -0.183. The molecule has 1 unspecified atom stereocenters. The third kappa shape index (κ3) is 3.39. The molecule has 138 valence electrons. The number of hydrogen-bond acceptors (Lipinski definition) is 1. The molecule has 0 aliphatic carbocycles. The first-order valence-corrected chi connectivity index (χ1v) is 9.49. The Balaban J connectivity index is 2.06. The summed E-state index contributed by atoms with van der Waals surface area (Å²) in [5.74, 6) is 0. The van der Waals surface area contributed by atoms with Crippen LogP contribution in [-0.2, 0) is 5.41 Å². The number of aryl methyl sites for hydroxylation is 1. The Morgan fingerprint density at radius 1 is 1.08 bits per heavy atom. The monoisotopic (exact) mass is 483 g/mol. The molecule has 0 radical (unpaired) electrons. The van der Waals surface area contributed by atoms with Gasteiger partial charge in [-0.05, 0) is 41.8 Å². The Kier molecular flexibility index (Phi) is 5.39. The third-order valence-corrected chi connectivity index (χ3v) is 6.64. The highest BCUT2D eigenvalue weighted by Crippen LogP contribution is 2.49. The molecular formula is C18H12BrCl3F3N. The average Bonchev–Trinajstić information content (AvgIpc) is 3.01. The average molecular weight is 486 g/mol. The van der Waals surface area contributed by atoms with Crippen LogP contribution >= 0.6 is 50.7 Å². The van der Waals surface area contributed by atoms with Crippen LogP contribution in [0.4, 0.5) is 13.2 Å². The van der Waals surface area contributed by atoms with Crippen molar-refractivity contribution in [3.63, 3.8) is 0 Å². The maximum absolute atomic E-state index is 14.1. The van der Waals surface area contributed by atoms with E-state index in [9.17, 15) is 13.2 Å². The first-order chi connectivity index (χ1) is 12.0. The number of benzene rings is 2. The summed E-state index contributed by atoms with van der Waals surface area (Å²) in [6.07, 6.45) is -4.82. The van der Waals surface area contributed by atoms with E-state index in [1.807, 2.05) is 13.0 Å². The number of halogens is 7. The van der Waals surface area contributed by atoms with Crippen molar-refractivity contribution in [2.45, 2.75) is 24.9 Å². The smallest absolute Gasteiger partial charge is 0.288 e. The van der Waals surface area contributed by atoms with Crippen LogP contribution < -0.4 is 0 Å². The second-order valence-electron chi connectivity index (χ2n) is 6.24. The van der Waals surface area contributed by atoms with Gasteiger partial charge in [0.25, 0.3) is 0 Å². The van der Waals surface area contributed by atoms with E-state index in [1.54, 1.807) is 12.1 Å². The fourth-order valence-electron chi connectivity index (χ4n) is 2.97. The van der Waals surface area contributed by atoms with Crippen LogP contribution in [0.3, 0.4) is 0 Å². The normalized spacial score (nSPS) is 20.4. The molecule has 1 aliphatic heterocycles. The van der Waals surface area contributed by atoms with Gasteiger partial charge in [0, 0.05) is 16.6 Å². The predicted octanol–water partition coefficient (Wildman–Crippen LogP) is 7.41. The van der Waals surface area contributed by atoms with Gasteiger partial charge in [-0.25, -0.2) is 0 Å². The number of aliphatic imine (C=N–C) groups is 1. The standard InChI is InChI=1S/C18H12BrCl3F3N/c1-9-2-3-10(4-12(9)19)15-7-17(8-26-15,18(23,24)25)11-5-13(20)16(22)14(21)6-11/h2-6H,7-8H2,1H3. The van der Waals surface area contributed by atoms with E-state index in [4.69, 9.17) is 34.8 Å². The van der Waals surface area contributed by atoms with Gasteiger partial charge in [0.15, 0.2) is 0 Å². The van der Waals surface area contributed by atoms with E-state index >= 15 is 0 Å². The van der Waals surface area contributed by atoms with E-state index in [0.29, 0.717) is 11.3 Å². The second-order valence-corrected chi connectivity index (χ2v) is 8.28. The minimum absolute atomic E-state index is 0.00989. The van der Waals surface area contributed by atoms with Gasteiger partial charge >= 0.3 is 6.18 Å². The van der Waals surface area contributed by atoms with Gasteiger partial charge in [-0.3, -0.25) is 4.99 Å². The van der Waals surface area contributed by atoms with E-state index in [1.165, 1.54) is 12.1 Å². The van der Waals surface area contributed by atoms with Crippen molar-refractivity contribution < 1.29 is 13.2 Å². The zero-order valence-electron chi connectivity index (χ0n) is 13.4. The molecule has 0 spiro atoms. The second kappa shape index (κ2) is 7.01. The highest BCUT2D eigenvalue weighted by Gasteiger charge is 2.58. The van der Waals surface area contributed by atoms with Crippen LogP contribution in [0.15, 0.2) is 39.8 Å². The van der Waals surface area contributed by atoms with E-state index in [0.717, 1.165) is 10.0 Å². The van der Waals surface area contributed by atoms with Gasteiger partial charge in [-0.1, -0.05) is 62.9 Å². The SMILES string of the molecule is Cc1ccc(C2=NCC(c3cc(Cl)c(Cl)c(Cl)c3)(C(F)(F)F)C2)cc1Br. The molecule has 1 nitrogen and oxygen atoms in total. The maximum atomic E-state index is 14.1. The Hall–Kier alpha value is -0.750. The fraction of sp³-hybridized carbons (Fsp3) is 0.278. The van der Waals surface area contributed by atoms with Crippen LogP contribution in [0.2, 0.25) is 15.1 Å². The van der Waals surface area contributed by atoms with Gasteiger partial charge < -0.3 is 0 Å². The summed E-state index contributed by atoms with van der Waals surface area (Å²) in [5.41, 5.74) is -0.178. The minimum atomic E-state index is -4.53. The zero-order chi connectivity index (χ0) is 19.3. The van der Waals surface area contributed by atoms with Crippen molar-refractivity contribution in [3.05, 3.63) is 66.6 Å². The quantitative estimate of drug-likeness (QED) is 0.393. The first-order valence-electron chi connectivity index (χ1n) is 7.57. The summed E-state index contributed by atoms with van der Waals surface area (Å²) < 4.78 is 43.1. The van der Waals surface area contributed by atoms with Crippen molar-refractivity contribution in [1.82, 2.24) is 0 Å². The number of nitrogens with zero attached hydrogens (tertiary/aromatic N) is 1. The largest absolute Gasteiger partial charge is 0.400 e. The summed E-state index contributed by atoms with van der Waals surface area (Å²) in [5, 5.41) is 0.0182. The molecular weight excluding hydrogens is 473 g/mol. The van der Waals surface area contributed by atoms with E-state index in [2.05, 4.69) is 20.9 Å². The lowest BCUT2D eigenvalue weighted by Crippen LogP contribution is -2.43. The lowest BCUT2D eigenvalue weighted by Gasteiger charge is -2.32. The van der Waals surface area contributed by atoms with Gasteiger partial charge in [-0.2, -0.15) is 13.2 Å². The Labute approximate surface area is 172 Å². The molecule has 1 aliphatic rings. The summed E-state index contributed by atoms with van der Waals surface area (Å²) >= 11 is 21.2. The first kappa shape index (κ1) is 20.0. The van der Waals surface area contributed by atoms with E-state index in [-0.39, 0.29) is 27.1 Å². The number of hydrogen-bond donors (Lipinski definition) is 0. The van der Waals surface area contributed by atoms with Gasteiger partial charge in [-0.15, -0.1) is 0 Å². The minimum Gasteiger partial charge on any atom is -0.288 e. The van der Waals surface area contributed by atoms with Crippen molar-refractivity contribution in [2.75, 3.05) is 6.54 Å².